The highest BCUT2D eigenvalue weighted by atomic mass is 32.1. The average molecular weight is 378 g/mol. The van der Waals surface area contributed by atoms with Gasteiger partial charge in [-0.05, 0) is 56.1 Å². The molecule has 7 heteroatoms. The number of thiophene rings is 1. The van der Waals surface area contributed by atoms with Crippen molar-refractivity contribution in [1.82, 2.24) is 16.2 Å². The monoisotopic (exact) mass is 377 g/mol. The molecule has 0 aliphatic heterocycles. The summed E-state index contributed by atoms with van der Waals surface area (Å²) >= 11 is 1.52. The van der Waals surface area contributed by atoms with E-state index in [1.54, 1.807) is 0 Å². The predicted octanol–water partition coefficient (Wildman–Crippen LogP) is 2.47. The zero-order chi connectivity index (χ0) is 18.5. The van der Waals surface area contributed by atoms with Gasteiger partial charge in [0.1, 0.15) is 6.04 Å². The maximum Gasteiger partial charge on any atom is 0.279 e. The van der Waals surface area contributed by atoms with Crippen LogP contribution in [0.3, 0.4) is 0 Å². The number of carbonyl (C=O) groups excluding carboxylic acids is 3. The third-order valence-electron chi connectivity index (χ3n) is 5.28. The summed E-state index contributed by atoms with van der Waals surface area (Å²) in [5.41, 5.74) is 6.30. The van der Waals surface area contributed by atoms with E-state index in [2.05, 4.69) is 16.2 Å². The fourth-order valence-corrected chi connectivity index (χ4v) is 5.09. The minimum absolute atomic E-state index is 0.133. The normalized spacial score (nSPS) is 18.5. The van der Waals surface area contributed by atoms with Crippen molar-refractivity contribution < 1.29 is 14.4 Å². The van der Waals surface area contributed by atoms with Crippen molar-refractivity contribution in [3.8, 4) is 0 Å². The van der Waals surface area contributed by atoms with E-state index >= 15 is 0 Å². The van der Waals surface area contributed by atoms with Gasteiger partial charge in [0.25, 0.3) is 11.8 Å². The van der Waals surface area contributed by atoms with Gasteiger partial charge in [-0.25, -0.2) is 0 Å². The summed E-state index contributed by atoms with van der Waals surface area (Å²) in [5.74, 6) is -0.734. The Hall–Kier alpha value is -1.89. The van der Waals surface area contributed by atoms with E-state index in [0.717, 1.165) is 38.5 Å². The Morgan fingerprint density at radius 2 is 1.77 bits per heavy atom. The number of carbonyl (C=O) groups is 3. The summed E-state index contributed by atoms with van der Waals surface area (Å²) in [6.45, 7) is 1.41. The van der Waals surface area contributed by atoms with Crippen molar-refractivity contribution in [3.63, 3.8) is 0 Å². The quantitative estimate of drug-likeness (QED) is 0.556. The van der Waals surface area contributed by atoms with Gasteiger partial charge in [-0.3, -0.25) is 25.2 Å². The molecule has 26 heavy (non-hydrogen) atoms. The number of fused-ring (bicyclic) bond motifs is 1. The first-order chi connectivity index (χ1) is 12.5. The largest absolute Gasteiger partial charge is 0.344 e. The van der Waals surface area contributed by atoms with E-state index in [9.17, 15) is 14.4 Å². The van der Waals surface area contributed by atoms with Crippen LogP contribution in [0.4, 0.5) is 0 Å². The summed E-state index contributed by atoms with van der Waals surface area (Å²) in [6.07, 6.45) is 9.62. The lowest BCUT2D eigenvalue weighted by Gasteiger charge is -2.23. The summed E-state index contributed by atoms with van der Waals surface area (Å²) in [7, 11) is 0. The van der Waals surface area contributed by atoms with E-state index in [0.29, 0.717) is 4.88 Å². The lowest BCUT2D eigenvalue weighted by molar-refractivity contribution is -0.129. The number of nitrogens with one attached hydrogen (secondary N) is 3. The molecule has 1 aromatic rings. The third-order valence-corrected chi connectivity index (χ3v) is 6.52. The van der Waals surface area contributed by atoms with Gasteiger partial charge in [-0.15, -0.1) is 11.3 Å². The molecule has 2 aliphatic rings. The van der Waals surface area contributed by atoms with E-state index in [4.69, 9.17) is 0 Å². The van der Waals surface area contributed by atoms with Crippen LogP contribution in [-0.2, 0) is 22.4 Å². The SMILES string of the molecule is CC(=O)N[C@H](C(=O)NNC(=O)c1cc2c(s1)CCCCC2)C1CCCC1. The van der Waals surface area contributed by atoms with Crippen LogP contribution in [0, 0.1) is 5.92 Å². The molecular weight excluding hydrogens is 350 g/mol. The number of hydrazine groups is 1. The molecule has 0 spiro atoms. The van der Waals surface area contributed by atoms with Crippen molar-refractivity contribution in [2.75, 3.05) is 0 Å². The molecule has 0 saturated heterocycles. The van der Waals surface area contributed by atoms with Gasteiger partial charge in [-0.2, -0.15) is 0 Å². The molecule has 142 valence electrons. The minimum atomic E-state index is -0.588. The fourth-order valence-electron chi connectivity index (χ4n) is 3.94. The lowest BCUT2D eigenvalue weighted by Crippen LogP contribution is -2.54. The Kier molecular flexibility index (Phi) is 6.29. The second kappa shape index (κ2) is 8.66. The van der Waals surface area contributed by atoms with Crippen LogP contribution in [0.25, 0.3) is 0 Å². The van der Waals surface area contributed by atoms with Gasteiger partial charge in [0, 0.05) is 11.8 Å². The Morgan fingerprint density at radius 1 is 1.04 bits per heavy atom. The maximum absolute atomic E-state index is 12.5. The Balaban J connectivity index is 1.58. The van der Waals surface area contributed by atoms with E-state index in [-0.39, 0.29) is 23.6 Å². The molecule has 1 heterocycles. The van der Waals surface area contributed by atoms with Crippen molar-refractivity contribution in [2.24, 2.45) is 5.92 Å². The third kappa shape index (κ3) is 4.63. The number of aryl methyl sites for hydroxylation is 2. The van der Waals surface area contributed by atoms with Crippen LogP contribution in [0.1, 0.15) is 72.0 Å². The van der Waals surface area contributed by atoms with E-state index in [1.165, 1.54) is 48.0 Å². The maximum atomic E-state index is 12.5. The molecule has 3 rings (SSSR count). The number of amides is 3. The fraction of sp³-hybridized carbons (Fsp3) is 0.632. The highest BCUT2D eigenvalue weighted by Gasteiger charge is 2.31. The number of hydrogen-bond acceptors (Lipinski definition) is 4. The van der Waals surface area contributed by atoms with Gasteiger partial charge in [0.15, 0.2) is 0 Å². The smallest absolute Gasteiger partial charge is 0.279 e. The summed E-state index contributed by atoms with van der Waals surface area (Å²) < 4.78 is 0. The molecule has 0 radical (unpaired) electrons. The van der Waals surface area contributed by atoms with Gasteiger partial charge in [-0.1, -0.05) is 19.3 Å². The number of rotatable bonds is 4. The highest BCUT2D eigenvalue weighted by molar-refractivity contribution is 7.14. The first kappa shape index (κ1) is 18.9. The zero-order valence-corrected chi connectivity index (χ0v) is 16.0. The molecule has 1 saturated carbocycles. The Bertz CT molecular complexity index is 656. The van der Waals surface area contributed by atoms with Crippen LogP contribution in [0.2, 0.25) is 0 Å². The first-order valence-electron chi connectivity index (χ1n) is 9.53. The van der Waals surface area contributed by atoms with Crippen LogP contribution in [0.5, 0.6) is 0 Å². The zero-order valence-electron chi connectivity index (χ0n) is 15.2. The Morgan fingerprint density at radius 3 is 2.50 bits per heavy atom. The van der Waals surface area contributed by atoms with Gasteiger partial charge >= 0.3 is 0 Å². The first-order valence-corrected chi connectivity index (χ1v) is 10.3. The standard InChI is InChI=1S/C19H27N3O3S/c1-12(23)20-17(13-7-5-6-8-13)19(25)22-21-18(24)16-11-14-9-3-2-4-10-15(14)26-16/h11,13,17H,2-10H2,1H3,(H,20,23)(H,21,24)(H,22,25)/t17-/m0/s1. The molecule has 0 bridgehead atoms. The predicted molar refractivity (Wildman–Crippen MR) is 101 cm³/mol. The molecule has 1 atom stereocenters. The molecule has 1 aromatic heterocycles. The van der Waals surface area contributed by atoms with Crippen molar-refractivity contribution in [2.45, 2.75) is 70.8 Å². The molecule has 6 nitrogen and oxygen atoms in total. The summed E-state index contributed by atoms with van der Waals surface area (Å²) in [4.78, 5) is 38.3. The topological polar surface area (TPSA) is 87.3 Å². The number of hydrogen-bond donors (Lipinski definition) is 3. The van der Waals surface area contributed by atoms with Gasteiger partial charge in [0.2, 0.25) is 5.91 Å². The second-order valence-electron chi connectivity index (χ2n) is 7.29. The average Bonchev–Trinajstić information content (AvgIpc) is 3.23. The summed E-state index contributed by atoms with van der Waals surface area (Å²) in [5, 5.41) is 2.73. The van der Waals surface area contributed by atoms with Crippen LogP contribution < -0.4 is 16.2 Å². The van der Waals surface area contributed by atoms with Crippen molar-refractivity contribution >= 4 is 29.1 Å². The molecule has 3 amide bonds. The van der Waals surface area contributed by atoms with Crippen LogP contribution in [-0.4, -0.2) is 23.8 Å². The van der Waals surface area contributed by atoms with Gasteiger partial charge < -0.3 is 5.32 Å². The van der Waals surface area contributed by atoms with Crippen LogP contribution >= 0.6 is 11.3 Å². The minimum Gasteiger partial charge on any atom is -0.344 e. The van der Waals surface area contributed by atoms with E-state index in [1.807, 2.05) is 6.07 Å². The molecule has 0 unspecified atom stereocenters. The van der Waals surface area contributed by atoms with Crippen molar-refractivity contribution in [1.29, 1.82) is 0 Å². The summed E-state index contributed by atoms with van der Waals surface area (Å²) in [6, 6.07) is 1.37. The lowest BCUT2D eigenvalue weighted by atomic mass is 9.97. The molecule has 3 N–H and O–H groups in total. The molecule has 1 fully saturated rings. The highest BCUT2D eigenvalue weighted by Crippen LogP contribution is 2.29. The molecular formula is C19H27N3O3S. The van der Waals surface area contributed by atoms with E-state index < -0.39 is 6.04 Å². The van der Waals surface area contributed by atoms with Gasteiger partial charge in [0.05, 0.1) is 4.88 Å². The van der Waals surface area contributed by atoms with Crippen molar-refractivity contribution in [3.05, 3.63) is 21.4 Å². The second-order valence-corrected chi connectivity index (χ2v) is 8.42. The molecule has 0 aromatic carbocycles. The molecule has 2 aliphatic carbocycles. The van der Waals surface area contributed by atoms with Crippen LogP contribution in [0.15, 0.2) is 6.07 Å². The Labute approximate surface area is 158 Å².